The lowest BCUT2D eigenvalue weighted by atomic mass is 10.1. The van der Waals surface area contributed by atoms with Gasteiger partial charge in [0.15, 0.2) is 0 Å². The van der Waals surface area contributed by atoms with E-state index in [1.165, 1.54) is 0 Å². The number of benzene rings is 1. The van der Waals surface area contributed by atoms with Crippen molar-refractivity contribution in [3.8, 4) is 0 Å². The first kappa shape index (κ1) is 12.6. The van der Waals surface area contributed by atoms with Crippen LogP contribution in [0, 0.1) is 12.8 Å². The maximum atomic E-state index is 12.0. The van der Waals surface area contributed by atoms with Gasteiger partial charge < -0.3 is 10.2 Å². The highest BCUT2D eigenvalue weighted by atomic mass is 16.2. The molecule has 1 aromatic rings. The third-order valence-electron chi connectivity index (χ3n) is 3.25. The lowest BCUT2D eigenvalue weighted by Gasteiger charge is -2.18. The van der Waals surface area contributed by atoms with Crippen LogP contribution in [0.2, 0.25) is 0 Å². The molecule has 0 saturated carbocycles. The summed E-state index contributed by atoms with van der Waals surface area (Å²) in [5, 5.41) is 2.78. The summed E-state index contributed by atoms with van der Waals surface area (Å²) in [7, 11) is 0. The summed E-state index contributed by atoms with van der Waals surface area (Å²) in [6.07, 6.45) is 0.306. The molecular weight excluding hydrogens is 228 g/mol. The standard InChI is InChI=1S/C14H18N2O2/c1-3-15-14(18)11-8-13(17)16(9-11)12-7-5-4-6-10(12)2/h4-7,11H,3,8-9H2,1-2H3,(H,15,18). The Morgan fingerprint density at radius 3 is 2.83 bits per heavy atom. The molecule has 1 aromatic carbocycles. The number of anilines is 1. The Morgan fingerprint density at radius 1 is 1.44 bits per heavy atom. The third kappa shape index (κ3) is 2.37. The zero-order valence-corrected chi connectivity index (χ0v) is 10.8. The second-order valence-electron chi connectivity index (χ2n) is 4.59. The Bertz CT molecular complexity index is 471. The highest BCUT2D eigenvalue weighted by Gasteiger charge is 2.35. The SMILES string of the molecule is CCNC(=O)C1CC(=O)N(c2ccccc2C)C1. The normalized spacial score (nSPS) is 19.1. The third-order valence-corrected chi connectivity index (χ3v) is 3.25. The van der Waals surface area contributed by atoms with Crippen molar-refractivity contribution in [3.63, 3.8) is 0 Å². The van der Waals surface area contributed by atoms with Crippen molar-refractivity contribution in [3.05, 3.63) is 29.8 Å². The topological polar surface area (TPSA) is 49.4 Å². The number of hydrogen-bond acceptors (Lipinski definition) is 2. The summed E-state index contributed by atoms with van der Waals surface area (Å²) in [5.74, 6) is -0.223. The molecular formula is C14H18N2O2. The molecule has 0 aromatic heterocycles. The lowest BCUT2D eigenvalue weighted by Crippen LogP contribution is -2.32. The molecule has 1 fully saturated rings. The second-order valence-corrected chi connectivity index (χ2v) is 4.59. The summed E-state index contributed by atoms with van der Waals surface area (Å²) in [6, 6.07) is 7.76. The molecule has 1 heterocycles. The van der Waals surface area contributed by atoms with E-state index in [9.17, 15) is 9.59 Å². The van der Waals surface area contributed by atoms with E-state index in [-0.39, 0.29) is 17.7 Å². The fourth-order valence-corrected chi connectivity index (χ4v) is 2.30. The van der Waals surface area contributed by atoms with Crippen LogP contribution >= 0.6 is 0 Å². The van der Waals surface area contributed by atoms with Crippen LogP contribution in [-0.4, -0.2) is 24.9 Å². The molecule has 1 atom stereocenters. The Labute approximate surface area is 107 Å². The quantitative estimate of drug-likeness (QED) is 0.878. The van der Waals surface area contributed by atoms with Crippen molar-refractivity contribution in [2.45, 2.75) is 20.3 Å². The number of nitrogens with zero attached hydrogens (tertiary/aromatic N) is 1. The Hall–Kier alpha value is -1.84. The fraction of sp³-hybridized carbons (Fsp3) is 0.429. The number of rotatable bonds is 3. The molecule has 1 unspecified atom stereocenters. The number of para-hydroxylation sites is 1. The highest BCUT2D eigenvalue weighted by Crippen LogP contribution is 2.27. The van der Waals surface area contributed by atoms with E-state index in [1.807, 2.05) is 38.1 Å². The number of nitrogens with one attached hydrogen (secondary N) is 1. The van der Waals surface area contributed by atoms with E-state index in [1.54, 1.807) is 4.90 Å². The Balaban J connectivity index is 2.15. The van der Waals surface area contributed by atoms with Crippen LogP contribution in [0.25, 0.3) is 0 Å². The van der Waals surface area contributed by atoms with Gasteiger partial charge in [0.1, 0.15) is 0 Å². The molecule has 4 nitrogen and oxygen atoms in total. The number of aryl methyl sites for hydroxylation is 1. The maximum absolute atomic E-state index is 12.0. The van der Waals surface area contributed by atoms with Gasteiger partial charge in [-0.25, -0.2) is 0 Å². The zero-order chi connectivity index (χ0) is 13.1. The minimum Gasteiger partial charge on any atom is -0.356 e. The zero-order valence-electron chi connectivity index (χ0n) is 10.8. The van der Waals surface area contributed by atoms with Gasteiger partial charge in [-0.05, 0) is 25.5 Å². The van der Waals surface area contributed by atoms with Gasteiger partial charge in [-0.15, -0.1) is 0 Å². The van der Waals surface area contributed by atoms with E-state index in [2.05, 4.69) is 5.32 Å². The number of carbonyl (C=O) groups is 2. The largest absolute Gasteiger partial charge is 0.356 e. The van der Waals surface area contributed by atoms with Crippen LogP contribution in [0.4, 0.5) is 5.69 Å². The van der Waals surface area contributed by atoms with Crippen molar-refractivity contribution in [2.24, 2.45) is 5.92 Å². The van der Waals surface area contributed by atoms with Gasteiger partial charge >= 0.3 is 0 Å². The van der Waals surface area contributed by atoms with Crippen LogP contribution in [0.3, 0.4) is 0 Å². The first-order chi connectivity index (χ1) is 8.63. The predicted octanol–water partition coefficient (Wildman–Crippen LogP) is 1.48. The van der Waals surface area contributed by atoms with Crippen molar-refractivity contribution in [2.75, 3.05) is 18.0 Å². The fourth-order valence-electron chi connectivity index (χ4n) is 2.30. The average Bonchev–Trinajstić information content (AvgIpc) is 2.72. The number of hydrogen-bond donors (Lipinski definition) is 1. The van der Waals surface area contributed by atoms with Crippen LogP contribution in [-0.2, 0) is 9.59 Å². The summed E-state index contributed by atoms with van der Waals surface area (Å²) < 4.78 is 0. The molecule has 1 saturated heterocycles. The Morgan fingerprint density at radius 2 is 2.17 bits per heavy atom. The van der Waals surface area contributed by atoms with E-state index in [0.717, 1.165) is 11.3 Å². The first-order valence-corrected chi connectivity index (χ1v) is 6.27. The van der Waals surface area contributed by atoms with Gasteiger partial charge in [-0.3, -0.25) is 9.59 Å². The molecule has 0 spiro atoms. The van der Waals surface area contributed by atoms with Gasteiger partial charge in [-0.1, -0.05) is 18.2 Å². The van der Waals surface area contributed by atoms with E-state index in [0.29, 0.717) is 19.5 Å². The van der Waals surface area contributed by atoms with Crippen molar-refractivity contribution >= 4 is 17.5 Å². The summed E-state index contributed by atoms with van der Waals surface area (Å²) in [5.41, 5.74) is 1.97. The molecule has 0 aliphatic carbocycles. The number of amides is 2. The molecule has 0 bridgehead atoms. The smallest absolute Gasteiger partial charge is 0.227 e. The number of carbonyl (C=O) groups excluding carboxylic acids is 2. The highest BCUT2D eigenvalue weighted by molar-refractivity contribution is 6.00. The molecule has 1 aliphatic rings. The molecule has 2 rings (SSSR count). The molecule has 1 aliphatic heterocycles. The minimum absolute atomic E-state index is 0.0260. The maximum Gasteiger partial charge on any atom is 0.227 e. The molecule has 0 radical (unpaired) electrons. The van der Waals surface area contributed by atoms with E-state index in [4.69, 9.17) is 0 Å². The molecule has 4 heteroatoms. The van der Waals surface area contributed by atoms with Gasteiger partial charge in [0, 0.05) is 25.2 Å². The van der Waals surface area contributed by atoms with Crippen LogP contribution in [0.5, 0.6) is 0 Å². The summed E-state index contributed by atoms with van der Waals surface area (Å²) >= 11 is 0. The Kier molecular flexibility index (Phi) is 3.65. The van der Waals surface area contributed by atoms with Gasteiger partial charge in [0.05, 0.1) is 5.92 Å². The second kappa shape index (κ2) is 5.21. The lowest BCUT2D eigenvalue weighted by molar-refractivity contribution is -0.126. The van der Waals surface area contributed by atoms with Gasteiger partial charge in [0.2, 0.25) is 11.8 Å². The average molecular weight is 246 g/mol. The minimum atomic E-state index is -0.225. The van der Waals surface area contributed by atoms with Crippen molar-refractivity contribution < 1.29 is 9.59 Å². The van der Waals surface area contributed by atoms with Crippen LogP contribution in [0.15, 0.2) is 24.3 Å². The van der Waals surface area contributed by atoms with Crippen LogP contribution in [0.1, 0.15) is 18.9 Å². The van der Waals surface area contributed by atoms with Gasteiger partial charge in [-0.2, -0.15) is 0 Å². The summed E-state index contributed by atoms with van der Waals surface area (Å²) in [6.45, 7) is 4.94. The monoisotopic (exact) mass is 246 g/mol. The molecule has 96 valence electrons. The van der Waals surface area contributed by atoms with Crippen molar-refractivity contribution in [1.29, 1.82) is 0 Å². The van der Waals surface area contributed by atoms with E-state index < -0.39 is 0 Å². The van der Waals surface area contributed by atoms with Gasteiger partial charge in [0.25, 0.3) is 0 Å². The molecule has 1 N–H and O–H groups in total. The summed E-state index contributed by atoms with van der Waals surface area (Å²) in [4.78, 5) is 25.5. The van der Waals surface area contributed by atoms with E-state index >= 15 is 0 Å². The first-order valence-electron chi connectivity index (χ1n) is 6.27. The molecule has 18 heavy (non-hydrogen) atoms. The molecule has 2 amide bonds. The van der Waals surface area contributed by atoms with Crippen LogP contribution < -0.4 is 10.2 Å². The van der Waals surface area contributed by atoms with Crippen molar-refractivity contribution in [1.82, 2.24) is 5.32 Å². The predicted molar refractivity (Wildman–Crippen MR) is 70.3 cm³/mol.